The predicted octanol–water partition coefficient (Wildman–Crippen LogP) is 9.51. The Morgan fingerprint density at radius 2 is 1.04 bits per heavy atom. The number of likely N-dealkylation sites (N-methyl/N-ethyl adjacent to an activating group) is 2. The molecule has 0 fully saturated rings. The van der Waals surface area contributed by atoms with E-state index in [1.165, 1.54) is 22.3 Å². The molecule has 364 valence electrons. The summed E-state index contributed by atoms with van der Waals surface area (Å²) in [7, 11) is 7.53. The SMILES string of the molecule is COc1cc2c(cc1Nc1ncc(Cl)c(N3C[C@@](C)(CC(=O)O)c4ccccc43)n1)CN(C)CC2.COc1cc2c(cc1Nc1ncc(Cl)c(N3C[C@](C)(CC(=O)O)c4ccccc43)n1)CN(C)CC2. The van der Waals surface area contributed by atoms with Gasteiger partial charge in [-0.05, 0) is 96.7 Å². The lowest BCUT2D eigenvalue weighted by molar-refractivity contribution is -0.139. The van der Waals surface area contributed by atoms with Crippen LogP contribution < -0.4 is 29.9 Å². The number of hydrogen-bond donors (Lipinski definition) is 4. The molecule has 0 bridgehead atoms. The molecule has 0 spiro atoms. The summed E-state index contributed by atoms with van der Waals surface area (Å²) in [4.78, 5) is 50.1. The summed E-state index contributed by atoms with van der Waals surface area (Å²) in [6, 6.07) is 24.0. The second-order valence-electron chi connectivity index (χ2n) is 19.1. The molecule has 10 rings (SSSR count). The Bertz CT molecular complexity index is 2800. The van der Waals surface area contributed by atoms with Crippen molar-refractivity contribution < 1.29 is 29.3 Å². The number of benzene rings is 4. The highest BCUT2D eigenvalue weighted by Crippen LogP contribution is 2.49. The van der Waals surface area contributed by atoms with Gasteiger partial charge in [0.1, 0.15) is 21.5 Å². The molecule has 6 aromatic rings. The number of anilines is 8. The number of ether oxygens (including phenoxy) is 2. The Morgan fingerprint density at radius 1 is 0.643 bits per heavy atom. The van der Waals surface area contributed by atoms with Crippen LogP contribution in [0.1, 0.15) is 60.1 Å². The average molecular weight is 988 g/mol. The third kappa shape index (κ3) is 9.73. The Labute approximate surface area is 417 Å². The molecule has 4 aliphatic rings. The maximum Gasteiger partial charge on any atom is 0.304 e. The number of rotatable bonds is 12. The molecule has 4 N–H and O–H groups in total. The summed E-state index contributed by atoms with van der Waals surface area (Å²) >= 11 is 13.1. The molecule has 0 radical (unpaired) electrons. The zero-order chi connectivity index (χ0) is 49.5. The maximum atomic E-state index is 11.6. The quantitative estimate of drug-likeness (QED) is 0.0909. The summed E-state index contributed by atoms with van der Waals surface area (Å²) in [6.07, 6.45) is 5.12. The highest BCUT2D eigenvalue weighted by Gasteiger charge is 2.43. The van der Waals surface area contributed by atoms with Gasteiger partial charge in [0.15, 0.2) is 11.6 Å². The third-order valence-electron chi connectivity index (χ3n) is 13.7. The molecular formula is C52H56Cl2N10O6. The van der Waals surface area contributed by atoms with Gasteiger partial charge in [-0.3, -0.25) is 9.59 Å². The van der Waals surface area contributed by atoms with Gasteiger partial charge in [-0.25, -0.2) is 9.97 Å². The summed E-state index contributed by atoms with van der Waals surface area (Å²) < 4.78 is 11.3. The molecule has 2 aromatic heterocycles. The number of para-hydroxylation sites is 2. The standard InChI is InChI=1S/2C26H28ClN5O3/c2*1-26(12-23(33)34)15-32(21-7-5-4-6-18(21)26)24-19(27)13-28-25(30-24)29-20-10-17-14-31(2)9-8-16(17)11-22(20)35-3/h2*4-7,10-11,13H,8-9,12,14-15H2,1-3H3,(H,33,34)(H,28,29,30)/t2*26-/m10/s1. The van der Waals surface area contributed by atoms with E-state index in [1.807, 2.05) is 72.2 Å². The highest BCUT2D eigenvalue weighted by atomic mass is 35.5. The minimum atomic E-state index is -0.842. The van der Waals surface area contributed by atoms with E-state index in [-0.39, 0.29) is 12.8 Å². The zero-order valence-electron chi connectivity index (χ0n) is 40.0. The van der Waals surface area contributed by atoms with Gasteiger partial charge in [-0.2, -0.15) is 9.97 Å². The number of methoxy groups -OCH3 is 2. The molecule has 0 aliphatic carbocycles. The summed E-state index contributed by atoms with van der Waals surface area (Å²) in [5.41, 5.74) is 9.22. The molecule has 0 unspecified atom stereocenters. The maximum absolute atomic E-state index is 11.6. The largest absolute Gasteiger partial charge is 0.495 e. The van der Waals surface area contributed by atoms with Gasteiger partial charge >= 0.3 is 11.9 Å². The fourth-order valence-electron chi connectivity index (χ4n) is 10.3. The number of fused-ring (bicyclic) bond motifs is 4. The van der Waals surface area contributed by atoms with Gasteiger partial charge in [-0.15, -0.1) is 0 Å². The van der Waals surface area contributed by atoms with Crippen molar-refractivity contribution in [2.75, 3.05) is 74.9 Å². The monoisotopic (exact) mass is 986 g/mol. The van der Waals surface area contributed by atoms with Gasteiger partial charge in [0.05, 0.1) is 50.8 Å². The topological polar surface area (TPSA) is 182 Å². The summed E-state index contributed by atoms with van der Waals surface area (Å²) in [6.45, 7) is 8.59. The first-order chi connectivity index (χ1) is 33.5. The van der Waals surface area contributed by atoms with Crippen molar-refractivity contribution >= 4 is 81.4 Å². The number of carboxylic acid groups (broad SMARTS) is 2. The van der Waals surface area contributed by atoms with Crippen molar-refractivity contribution in [3.8, 4) is 11.5 Å². The lowest BCUT2D eigenvalue weighted by Crippen LogP contribution is -2.31. The summed E-state index contributed by atoms with van der Waals surface area (Å²) in [5, 5.41) is 26.5. The Balaban J connectivity index is 0.000000174. The minimum Gasteiger partial charge on any atom is -0.495 e. The number of carboxylic acids is 2. The molecule has 6 heterocycles. The number of carbonyl (C=O) groups is 2. The fourth-order valence-corrected chi connectivity index (χ4v) is 10.7. The molecular weight excluding hydrogens is 932 g/mol. The van der Waals surface area contributed by atoms with Crippen LogP contribution in [0.5, 0.6) is 11.5 Å². The van der Waals surface area contributed by atoms with Crippen LogP contribution in [0.15, 0.2) is 85.2 Å². The van der Waals surface area contributed by atoms with Gasteiger partial charge in [0.25, 0.3) is 0 Å². The van der Waals surface area contributed by atoms with E-state index in [4.69, 9.17) is 42.6 Å². The lowest BCUT2D eigenvalue weighted by atomic mass is 9.81. The van der Waals surface area contributed by atoms with Crippen molar-refractivity contribution in [1.82, 2.24) is 29.7 Å². The van der Waals surface area contributed by atoms with Crippen LogP contribution in [0.2, 0.25) is 10.0 Å². The van der Waals surface area contributed by atoms with Crippen molar-refractivity contribution in [3.05, 3.63) is 129 Å². The number of aliphatic carboxylic acids is 2. The van der Waals surface area contributed by atoms with E-state index >= 15 is 0 Å². The first-order valence-electron chi connectivity index (χ1n) is 23.1. The number of aromatic nitrogens is 4. The minimum absolute atomic E-state index is 0.00902. The van der Waals surface area contributed by atoms with Gasteiger partial charge in [0.2, 0.25) is 11.9 Å². The van der Waals surface area contributed by atoms with Crippen LogP contribution in [0.4, 0.5) is 46.3 Å². The van der Waals surface area contributed by atoms with E-state index in [0.717, 1.165) is 84.4 Å². The number of nitrogens with one attached hydrogen (secondary N) is 2. The van der Waals surface area contributed by atoms with Crippen LogP contribution in [-0.2, 0) is 46.4 Å². The van der Waals surface area contributed by atoms with Crippen LogP contribution >= 0.6 is 23.2 Å². The Hall–Kier alpha value is -6.72. The predicted molar refractivity (Wildman–Crippen MR) is 273 cm³/mol. The molecule has 0 saturated carbocycles. The highest BCUT2D eigenvalue weighted by molar-refractivity contribution is 6.33. The molecule has 4 aliphatic heterocycles. The second-order valence-corrected chi connectivity index (χ2v) is 19.9. The fraction of sp³-hybridized carbons (Fsp3) is 0.346. The molecule has 0 amide bonds. The first kappa shape index (κ1) is 48.3. The van der Waals surface area contributed by atoms with Crippen molar-refractivity contribution in [2.24, 2.45) is 0 Å². The average Bonchev–Trinajstić information content (AvgIpc) is 3.78. The van der Waals surface area contributed by atoms with E-state index in [0.29, 0.717) is 46.7 Å². The number of hydrogen-bond acceptors (Lipinski definition) is 14. The van der Waals surface area contributed by atoms with Crippen LogP contribution in [0.3, 0.4) is 0 Å². The molecule has 0 saturated heterocycles. The normalized spacial score (nSPS) is 19.3. The Kier molecular flexibility index (Phi) is 13.5. The summed E-state index contributed by atoms with van der Waals surface area (Å²) in [5.74, 6) is 1.61. The first-order valence-corrected chi connectivity index (χ1v) is 23.8. The van der Waals surface area contributed by atoms with E-state index in [9.17, 15) is 19.8 Å². The zero-order valence-corrected chi connectivity index (χ0v) is 41.5. The van der Waals surface area contributed by atoms with Gasteiger partial charge < -0.3 is 49.9 Å². The molecule has 70 heavy (non-hydrogen) atoms. The van der Waals surface area contributed by atoms with Crippen molar-refractivity contribution in [1.29, 1.82) is 0 Å². The number of halogens is 2. The van der Waals surface area contributed by atoms with E-state index in [1.54, 1.807) is 26.6 Å². The third-order valence-corrected chi connectivity index (χ3v) is 14.2. The van der Waals surface area contributed by atoms with Crippen molar-refractivity contribution in [2.45, 2.75) is 63.5 Å². The van der Waals surface area contributed by atoms with Crippen LogP contribution in [-0.4, -0.2) is 106 Å². The second kappa shape index (κ2) is 19.6. The lowest BCUT2D eigenvalue weighted by Gasteiger charge is -2.26. The van der Waals surface area contributed by atoms with Gasteiger partial charge in [-0.1, -0.05) is 73.4 Å². The van der Waals surface area contributed by atoms with E-state index < -0.39 is 22.8 Å². The van der Waals surface area contributed by atoms with Crippen molar-refractivity contribution in [3.63, 3.8) is 0 Å². The number of nitrogens with zero attached hydrogens (tertiary/aromatic N) is 8. The van der Waals surface area contributed by atoms with E-state index in [2.05, 4.69) is 68.8 Å². The molecule has 4 aromatic carbocycles. The Morgan fingerprint density at radius 3 is 1.43 bits per heavy atom. The smallest absolute Gasteiger partial charge is 0.304 e. The molecule has 16 nitrogen and oxygen atoms in total. The molecule has 2 atom stereocenters. The van der Waals surface area contributed by atoms with Crippen LogP contribution in [0, 0.1) is 0 Å². The van der Waals surface area contributed by atoms with Gasteiger partial charge in [0, 0.05) is 61.5 Å². The van der Waals surface area contributed by atoms with Crippen LogP contribution in [0.25, 0.3) is 0 Å². The molecule has 18 heteroatoms.